The second kappa shape index (κ2) is 5.06. The largest absolute Gasteiger partial charge is 0.324 e. The minimum Gasteiger partial charge on any atom is -0.324 e. The number of carbonyl (C=O) groups is 1. The maximum Gasteiger partial charge on any atom is 0.237 e. The van der Waals surface area contributed by atoms with Crippen molar-refractivity contribution in [3.8, 4) is 0 Å². The highest BCUT2D eigenvalue weighted by Gasteiger charge is 2.23. The van der Waals surface area contributed by atoms with Gasteiger partial charge in [-0.1, -0.05) is 11.6 Å². The van der Waals surface area contributed by atoms with Crippen LogP contribution in [-0.4, -0.2) is 21.9 Å². The summed E-state index contributed by atoms with van der Waals surface area (Å²) in [5.74, 6) is 1.16. The first-order chi connectivity index (χ1) is 7.66. The Morgan fingerprint density at radius 3 is 3.06 bits per heavy atom. The maximum atomic E-state index is 11.9. The third-order valence-electron chi connectivity index (χ3n) is 2.53. The smallest absolute Gasteiger partial charge is 0.237 e. The van der Waals surface area contributed by atoms with Gasteiger partial charge in [0.15, 0.2) is 0 Å². The molecule has 1 amide bonds. The minimum atomic E-state index is 0.0784. The molecule has 1 unspecified atom stereocenters. The Bertz CT molecular complexity index is 405. The molecule has 0 radical (unpaired) electrons. The second-order valence-corrected chi connectivity index (χ2v) is 5.46. The first-order valence-corrected chi connectivity index (χ1v) is 6.65. The lowest BCUT2D eigenvalue weighted by Gasteiger charge is -2.11. The lowest BCUT2D eigenvalue weighted by atomic mass is 10.2. The molecule has 5 heteroatoms. The number of carbonyl (C=O) groups excluding carboxylic acids is 1. The first-order valence-electron chi connectivity index (χ1n) is 5.22. The van der Waals surface area contributed by atoms with Gasteiger partial charge in [0.25, 0.3) is 0 Å². The lowest BCUT2D eigenvalue weighted by molar-refractivity contribution is -0.115. The molecular weight excluding hydrogens is 244 g/mol. The summed E-state index contributed by atoms with van der Waals surface area (Å²) in [6.07, 6.45) is 2.09. The SMILES string of the molecule is Cc1nc(Cl)ccc1NC(=O)C1CCCS1. The van der Waals surface area contributed by atoms with Crippen LogP contribution in [0, 0.1) is 6.92 Å². The third kappa shape index (κ3) is 2.68. The maximum absolute atomic E-state index is 11.9. The van der Waals surface area contributed by atoms with Gasteiger partial charge in [-0.3, -0.25) is 4.79 Å². The zero-order valence-electron chi connectivity index (χ0n) is 9.00. The molecule has 1 atom stereocenters. The van der Waals surface area contributed by atoms with Crippen molar-refractivity contribution in [2.75, 3.05) is 11.1 Å². The molecule has 1 aliphatic heterocycles. The quantitative estimate of drug-likeness (QED) is 0.828. The molecule has 1 N–H and O–H groups in total. The van der Waals surface area contributed by atoms with Gasteiger partial charge in [-0.2, -0.15) is 0 Å². The normalized spacial score (nSPS) is 19.8. The third-order valence-corrected chi connectivity index (χ3v) is 4.12. The number of nitrogens with one attached hydrogen (secondary N) is 1. The molecule has 1 aliphatic rings. The van der Waals surface area contributed by atoms with E-state index < -0.39 is 0 Å². The monoisotopic (exact) mass is 256 g/mol. The molecule has 0 spiro atoms. The van der Waals surface area contributed by atoms with Crippen molar-refractivity contribution in [3.63, 3.8) is 0 Å². The van der Waals surface area contributed by atoms with Crippen LogP contribution in [0.3, 0.4) is 0 Å². The average Bonchev–Trinajstić information content (AvgIpc) is 2.75. The lowest BCUT2D eigenvalue weighted by Crippen LogP contribution is -2.23. The van der Waals surface area contributed by atoms with E-state index in [4.69, 9.17) is 11.6 Å². The fourth-order valence-corrected chi connectivity index (χ4v) is 3.01. The van der Waals surface area contributed by atoms with Crippen LogP contribution in [-0.2, 0) is 4.79 Å². The molecule has 0 bridgehead atoms. The summed E-state index contributed by atoms with van der Waals surface area (Å²) >= 11 is 7.47. The minimum absolute atomic E-state index is 0.0784. The summed E-state index contributed by atoms with van der Waals surface area (Å²) in [4.78, 5) is 16.0. The second-order valence-electron chi connectivity index (χ2n) is 3.76. The summed E-state index contributed by atoms with van der Waals surface area (Å²) in [6, 6.07) is 3.48. The first kappa shape index (κ1) is 11.7. The standard InChI is InChI=1S/C11H13ClN2OS/c1-7-8(4-5-10(12)13-7)14-11(15)9-3-2-6-16-9/h4-5,9H,2-3,6H2,1H3,(H,14,15). The number of anilines is 1. The summed E-state index contributed by atoms with van der Waals surface area (Å²) < 4.78 is 0. The van der Waals surface area contributed by atoms with Crippen molar-refractivity contribution in [1.82, 2.24) is 4.98 Å². The number of amides is 1. The number of hydrogen-bond donors (Lipinski definition) is 1. The highest BCUT2D eigenvalue weighted by Crippen LogP contribution is 2.27. The van der Waals surface area contributed by atoms with Crippen LogP contribution in [0.25, 0.3) is 0 Å². The zero-order valence-corrected chi connectivity index (χ0v) is 10.6. The molecule has 0 aliphatic carbocycles. The van der Waals surface area contributed by atoms with Gasteiger partial charge >= 0.3 is 0 Å². The van der Waals surface area contributed by atoms with Gasteiger partial charge in [0.2, 0.25) is 5.91 Å². The van der Waals surface area contributed by atoms with E-state index in [1.165, 1.54) is 0 Å². The van der Waals surface area contributed by atoms with Crippen molar-refractivity contribution in [2.45, 2.75) is 25.0 Å². The van der Waals surface area contributed by atoms with Gasteiger partial charge in [-0.15, -0.1) is 11.8 Å². The fraction of sp³-hybridized carbons (Fsp3) is 0.455. The highest BCUT2D eigenvalue weighted by molar-refractivity contribution is 8.00. The van der Waals surface area contributed by atoms with Crippen LogP contribution >= 0.6 is 23.4 Å². The fourth-order valence-electron chi connectivity index (χ4n) is 1.66. The van der Waals surface area contributed by atoms with E-state index in [0.717, 1.165) is 30.0 Å². The van der Waals surface area contributed by atoms with E-state index in [-0.39, 0.29) is 11.2 Å². The van der Waals surface area contributed by atoms with Crippen LogP contribution in [0.15, 0.2) is 12.1 Å². The van der Waals surface area contributed by atoms with Crippen molar-refractivity contribution in [3.05, 3.63) is 23.0 Å². The van der Waals surface area contributed by atoms with E-state index in [2.05, 4.69) is 10.3 Å². The number of pyridine rings is 1. The molecular formula is C11H13ClN2OS. The Kier molecular flexibility index (Phi) is 3.71. The van der Waals surface area contributed by atoms with Crippen LogP contribution in [0.5, 0.6) is 0 Å². The Labute approximate surface area is 104 Å². The molecule has 0 saturated carbocycles. The van der Waals surface area contributed by atoms with Gasteiger partial charge in [0.05, 0.1) is 16.6 Å². The summed E-state index contributed by atoms with van der Waals surface area (Å²) in [5, 5.41) is 3.44. The topological polar surface area (TPSA) is 42.0 Å². The van der Waals surface area contributed by atoms with Crippen LogP contribution in [0.1, 0.15) is 18.5 Å². The molecule has 3 nitrogen and oxygen atoms in total. The molecule has 1 saturated heterocycles. The number of hydrogen-bond acceptors (Lipinski definition) is 3. The molecule has 0 aromatic carbocycles. The van der Waals surface area contributed by atoms with E-state index in [1.54, 1.807) is 23.9 Å². The van der Waals surface area contributed by atoms with Gasteiger partial charge < -0.3 is 5.32 Å². The van der Waals surface area contributed by atoms with Crippen LogP contribution in [0.2, 0.25) is 5.15 Å². The van der Waals surface area contributed by atoms with Crippen molar-refractivity contribution in [2.24, 2.45) is 0 Å². The van der Waals surface area contributed by atoms with Crippen molar-refractivity contribution in [1.29, 1.82) is 0 Å². The number of nitrogens with zero attached hydrogens (tertiary/aromatic N) is 1. The van der Waals surface area contributed by atoms with E-state index >= 15 is 0 Å². The predicted octanol–water partition coefficient (Wildman–Crippen LogP) is 2.88. The molecule has 2 rings (SSSR count). The van der Waals surface area contributed by atoms with E-state index in [9.17, 15) is 4.79 Å². The van der Waals surface area contributed by atoms with Crippen molar-refractivity contribution >= 4 is 35.0 Å². The molecule has 1 fully saturated rings. The van der Waals surface area contributed by atoms with Gasteiger partial charge in [-0.25, -0.2) is 4.98 Å². The average molecular weight is 257 g/mol. The van der Waals surface area contributed by atoms with Gasteiger partial charge in [0.1, 0.15) is 5.15 Å². The van der Waals surface area contributed by atoms with Crippen molar-refractivity contribution < 1.29 is 4.79 Å². The molecule has 1 aromatic heterocycles. The summed E-state index contributed by atoms with van der Waals surface area (Å²) in [6.45, 7) is 1.84. The predicted molar refractivity (Wildman–Crippen MR) is 68.1 cm³/mol. The molecule has 16 heavy (non-hydrogen) atoms. The number of thioether (sulfide) groups is 1. The molecule has 86 valence electrons. The Morgan fingerprint density at radius 2 is 2.44 bits per heavy atom. The Balaban J connectivity index is 2.05. The molecule has 2 heterocycles. The van der Waals surface area contributed by atoms with Crippen LogP contribution in [0.4, 0.5) is 5.69 Å². The van der Waals surface area contributed by atoms with Gasteiger partial charge in [0, 0.05) is 0 Å². The van der Waals surface area contributed by atoms with E-state index in [1.807, 2.05) is 6.92 Å². The number of rotatable bonds is 2. The van der Waals surface area contributed by atoms with Gasteiger partial charge in [-0.05, 0) is 37.7 Å². The summed E-state index contributed by atoms with van der Waals surface area (Å²) in [5.41, 5.74) is 1.51. The molecule has 1 aromatic rings. The number of aromatic nitrogens is 1. The Hall–Kier alpha value is -0.740. The zero-order chi connectivity index (χ0) is 11.5. The van der Waals surface area contributed by atoms with Crippen LogP contribution < -0.4 is 5.32 Å². The highest BCUT2D eigenvalue weighted by atomic mass is 35.5. The summed E-state index contributed by atoms with van der Waals surface area (Å²) in [7, 11) is 0. The number of aryl methyl sites for hydroxylation is 1. The number of halogens is 1. The Morgan fingerprint density at radius 1 is 1.62 bits per heavy atom. The van der Waals surface area contributed by atoms with E-state index in [0.29, 0.717) is 5.15 Å².